The lowest BCUT2D eigenvalue weighted by atomic mass is 10.0. The van der Waals surface area contributed by atoms with Gasteiger partial charge in [0.1, 0.15) is 5.82 Å². The number of hydrogen-bond donors (Lipinski definition) is 1. The van der Waals surface area contributed by atoms with E-state index < -0.39 is 0 Å². The number of nitrogens with two attached hydrogens (primary N) is 1. The predicted molar refractivity (Wildman–Crippen MR) is 77.2 cm³/mol. The molecule has 2 aromatic heterocycles. The molecule has 2 N–H and O–H groups in total. The molecule has 2 heterocycles. The smallest absolute Gasteiger partial charge is 0.177 e. The third-order valence-corrected chi connectivity index (χ3v) is 3.27. The largest absolute Gasteiger partial charge is 0.380 e. The maximum Gasteiger partial charge on any atom is 0.177 e. The molecule has 0 amide bonds. The minimum atomic E-state index is -0.370. The van der Waals surface area contributed by atoms with Crippen LogP contribution in [0.3, 0.4) is 0 Å². The number of nitrogens with zero attached hydrogens (tertiary/aromatic N) is 2. The summed E-state index contributed by atoms with van der Waals surface area (Å²) in [6.45, 7) is 0. The summed E-state index contributed by atoms with van der Waals surface area (Å²) >= 11 is 3.25. The lowest BCUT2D eigenvalue weighted by Crippen LogP contribution is -1.89. The molecular formula is C14H9BrFN3O. The van der Waals surface area contributed by atoms with Gasteiger partial charge in [-0.15, -0.1) is 0 Å². The molecule has 0 spiro atoms. The summed E-state index contributed by atoms with van der Waals surface area (Å²) in [6.07, 6.45) is 3.29. The predicted octanol–water partition coefficient (Wildman–Crippen LogP) is 3.89. The number of hydrogen-bond acceptors (Lipinski definition) is 4. The van der Waals surface area contributed by atoms with E-state index in [4.69, 9.17) is 10.3 Å². The van der Waals surface area contributed by atoms with Gasteiger partial charge < -0.3 is 10.3 Å². The normalized spacial score (nSPS) is 10.7. The average molecular weight is 334 g/mol. The van der Waals surface area contributed by atoms with Crippen molar-refractivity contribution >= 4 is 21.7 Å². The molecular weight excluding hydrogens is 325 g/mol. The van der Waals surface area contributed by atoms with Crippen molar-refractivity contribution < 1.29 is 8.91 Å². The second kappa shape index (κ2) is 5.05. The Morgan fingerprint density at radius 2 is 1.85 bits per heavy atom. The minimum absolute atomic E-state index is 0.256. The van der Waals surface area contributed by atoms with Gasteiger partial charge in [-0.3, -0.25) is 4.98 Å². The SMILES string of the molecule is Nc1noc(-c2cc(F)cc(Br)c2)c1-c1ccncc1. The molecule has 0 saturated heterocycles. The Labute approximate surface area is 122 Å². The molecule has 6 heteroatoms. The molecule has 100 valence electrons. The van der Waals surface area contributed by atoms with Gasteiger partial charge in [-0.1, -0.05) is 21.1 Å². The fourth-order valence-corrected chi connectivity index (χ4v) is 2.45. The van der Waals surface area contributed by atoms with Crippen molar-refractivity contribution in [2.45, 2.75) is 0 Å². The van der Waals surface area contributed by atoms with Crippen molar-refractivity contribution in [3.8, 4) is 22.5 Å². The summed E-state index contributed by atoms with van der Waals surface area (Å²) in [5, 5.41) is 3.77. The van der Waals surface area contributed by atoms with Crippen molar-refractivity contribution in [3.05, 3.63) is 53.0 Å². The van der Waals surface area contributed by atoms with Crippen LogP contribution >= 0.6 is 15.9 Å². The first-order valence-corrected chi connectivity index (χ1v) is 6.56. The van der Waals surface area contributed by atoms with Gasteiger partial charge in [-0.25, -0.2) is 4.39 Å². The van der Waals surface area contributed by atoms with Crippen LogP contribution in [0.25, 0.3) is 22.5 Å². The van der Waals surface area contributed by atoms with Gasteiger partial charge in [0.15, 0.2) is 11.6 Å². The summed E-state index contributed by atoms with van der Waals surface area (Å²) in [6, 6.07) is 8.07. The van der Waals surface area contributed by atoms with Crippen molar-refractivity contribution in [2.75, 3.05) is 5.73 Å². The number of aromatic nitrogens is 2. The molecule has 0 atom stereocenters. The van der Waals surface area contributed by atoms with Gasteiger partial charge in [0.25, 0.3) is 0 Å². The molecule has 1 aromatic carbocycles. The first-order valence-electron chi connectivity index (χ1n) is 5.77. The van der Waals surface area contributed by atoms with E-state index in [0.29, 0.717) is 21.4 Å². The third-order valence-electron chi connectivity index (χ3n) is 2.81. The molecule has 0 aliphatic heterocycles. The number of pyridine rings is 1. The van der Waals surface area contributed by atoms with Gasteiger partial charge in [0, 0.05) is 22.4 Å². The molecule has 0 bridgehead atoms. The maximum atomic E-state index is 13.5. The summed E-state index contributed by atoms with van der Waals surface area (Å²) in [7, 11) is 0. The van der Waals surface area contributed by atoms with E-state index in [-0.39, 0.29) is 11.6 Å². The van der Waals surface area contributed by atoms with Crippen LogP contribution in [0, 0.1) is 5.82 Å². The van der Waals surface area contributed by atoms with Crippen LogP contribution < -0.4 is 5.73 Å². The number of nitrogen functional groups attached to an aromatic ring is 1. The van der Waals surface area contributed by atoms with Crippen LogP contribution in [0.15, 0.2) is 51.7 Å². The Morgan fingerprint density at radius 3 is 2.55 bits per heavy atom. The first kappa shape index (κ1) is 12.8. The summed E-state index contributed by atoms with van der Waals surface area (Å²) in [4.78, 5) is 3.96. The van der Waals surface area contributed by atoms with E-state index in [9.17, 15) is 4.39 Å². The molecule has 20 heavy (non-hydrogen) atoms. The van der Waals surface area contributed by atoms with Gasteiger partial charge >= 0.3 is 0 Å². The minimum Gasteiger partial charge on any atom is -0.380 e. The van der Waals surface area contributed by atoms with E-state index >= 15 is 0 Å². The fourth-order valence-electron chi connectivity index (χ4n) is 1.98. The monoisotopic (exact) mass is 333 g/mol. The fraction of sp³-hybridized carbons (Fsp3) is 0. The number of halogens is 2. The number of anilines is 1. The molecule has 4 nitrogen and oxygen atoms in total. The van der Waals surface area contributed by atoms with Gasteiger partial charge in [0.05, 0.1) is 5.56 Å². The quantitative estimate of drug-likeness (QED) is 0.772. The molecule has 0 fully saturated rings. The van der Waals surface area contributed by atoms with Crippen LogP contribution in [0.4, 0.5) is 10.2 Å². The van der Waals surface area contributed by atoms with E-state index in [2.05, 4.69) is 26.1 Å². The molecule has 0 radical (unpaired) electrons. The summed E-state index contributed by atoms with van der Waals surface area (Å²) < 4.78 is 19.4. The number of benzene rings is 1. The zero-order valence-corrected chi connectivity index (χ0v) is 11.8. The summed E-state index contributed by atoms with van der Waals surface area (Å²) in [5.41, 5.74) is 7.86. The molecule has 0 aliphatic carbocycles. The maximum absolute atomic E-state index is 13.5. The topological polar surface area (TPSA) is 64.9 Å². The third kappa shape index (κ3) is 2.30. The van der Waals surface area contributed by atoms with Crippen LogP contribution in [0.5, 0.6) is 0 Å². The van der Waals surface area contributed by atoms with Crippen LogP contribution in [0.2, 0.25) is 0 Å². The highest BCUT2D eigenvalue weighted by Gasteiger charge is 2.18. The highest BCUT2D eigenvalue weighted by Crippen LogP contribution is 2.37. The Hall–Kier alpha value is -2.21. The Balaban J connectivity index is 2.21. The molecule has 3 aromatic rings. The van der Waals surface area contributed by atoms with Gasteiger partial charge in [-0.05, 0) is 35.9 Å². The van der Waals surface area contributed by atoms with Crippen molar-refractivity contribution in [3.63, 3.8) is 0 Å². The standard InChI is InChI=1S/C14H9BrFN3O/c15-10-5-9(6-11(16)7-10)13-12(14(17)19-20-13)8-1-3-18-4-2-8/h1-7H,(H2,17,19). The molecule has 0 saturated carbocycles. The Kier molecular flexibility index (Phi) is 3.23. The average Bonchev–Trinajstić information content (AvgIpc) is 2.80. The van der Waals surface area contributed by atoms with Crippen molar-refractivity contribution in [2.24, 2.45) is 0 Å². The van der Waals surface area contributed by atoms with E-state index in [0.717, 1.165) is 5.56 Å². The van der Waals surface area contributed by atoms with Crippen LogP contribution in [-0.4, -0.2) is 10.1 Å². The van der Waals surface area contributed by atoms with E-state index in [1.165, 1.54) is 12.1 Å². The van der Waals surface area contributed by atoms with Crippen LogP contribution in [-0.2, 0) is 0 Å². The highest BCUT2D eigenvalue weighted by molar-refractivity contribution is 9.10. The molecule has 3 rings (SSSR count). The number of rotatable bonds is 2. The van der Waals surface area contributed by atoms with E-state index in [1.54, 1.807) is 30.6 Å². The zero-order chi connectivity index (χ0) is 14.1. The van der Waals surface area contributed by atoms with Crippen molar-refractivity contribution in [1.82, 2.24) is 10.1 Å². The Bertz CT molecular complexity index is 738. The molecule has 0 aliphatic rings. The van der Waals surface area contributed by atoms with Crippen LogP contribution in [0.1, 0.15) is 0 Å². The first-order chi connectivity index (χ1) is 9.65. The second-order valence-corrected chi connectivity index (χ2v) is 5.08. The lowest BCUT2D eigenvalue weighted by molar-refractivity contribution is 0.436. The lowest BCUT2D eigenvalue weighted by Gasteiger charge is -2.03. The second-order valence-electron chi connectivity index (χ2n) is 4.17. The zero-order valence-electron chi connectivity index (χ0n) is 10.2. The highest BCUT2D eigenvalue weighted by atomic mass is 79.9. The molecule has 0 unspecified atom stereocenters. The Morgan fingerprint density at radius 1 is 1.10 bits per heavy atom. The van der Waals surface area contributed by atoms with Gasteiger partial charge in [-0.2, -0.15) is 0 Å². The van der Waals surface area contributed by atoms with Gasteiger partial charge in [0.2, 0.25) is 0 Å². The van der Waals surface area contributed by atoms with E-state index in [1.807, 2.05) is 0 Å². The summed E-state index contributed by atoms with van der Waals surface area (Å²) in [5.74, 6) is 0.311. The van der Waals surface area contributed by atoms with Crippen molar-refractivity contribution in [1.29, 1.82) is 0 Å².